The largest absolute Gasteiger partial charge is 0.444 e. The maximum atomic E-state index is 12.4. The van der Waals surface area contributed by atoms with E-state index in [-0.39, 0.29) is 11.9 Å². The van der Waals surface area contributed by atoms with Crippen LogP contribution < -0.4 is 5.73 Å². The van der Waals surface area contributed by atoms with E-state index < -0.39 is 0 Å². The fourth-order valence-corrected chi connectivity index (χ4v) is 3.50. The van der Waals surface area contributed by atoms with E-state index in [9.17, 15) is 4.79 Å². The molecule has 2 aromatic heterocycles. The van der Waals surface area contributed by atoms with Gasteiger partial charge in [0.15, 0.2) is 0 Å². The second-order valence-electron chi connectivity index (χ2n) is 5.88. The molecule has 0 saturated carbocycles. The first kappa shape index (κ1) is 15.2. The van der Waals surface area contributed by atoms with Gasteiger partial charge in [-0.25, -0.2) is 4.98 Å². The molecule has 0 radical (unpaired) electrons. The van der Waals surface area contributed by atoms with E-state index >= 15 is 0 Å². The molecule has 6 heteroatoms. The number of rotatable bonds is 4. The number of nitrogens with zero attached hydrogens (tertiary/aromatic N) is 2. The molecule has 1 atom stereocenters. The molecule has 3 rings (SSSR count). The molecule has 1 aliphatic heterocycles. The zero-order chi connectivity index (χ0) is 15.5. The van der Waals surface area contributed by atoms with Crippen molar-refractivity contribution in [1.82, 2.24) is 9.88 Å². The van der Waals surface area contributed by atoms with Crippen molar-refractivity contribution in [2.24, 2.45) is 11.7 Å². The number of nitrogens with two attached hydrogens (primary N) is 1. The van der Waals surface area contributed by atoms with Crippen LogP contribution in [-0.2, 0) is 11.2 Å². The molecule has 0 aromatic carbocycles. The van der Waals surface area contributed by atoms with Gasteiger partial charge < -0.3 is 15.1 Å². The highest BCUT2D eigenvalue weighted by Crippen LogP contribution is 2.24. The molecule has 0 spiro atoms. The molecule has 0 bridgehead atoms. The molecule has 1 unspecified atom stereocenters. The van der Waals surface area contributed by atoms with Crippen LogP contribution in [0.25, 0.3) is 10.8 Å². The van der Waals surface area contributed by atoms with E-state index in [0.717, 1.165) is 30.8 Å². The zero-order valence-electron chi connectivity index (χ0n) is 12.7. The second kappa shape index (κ2) is 6.62. The first-order valence-electron chi connectivity index (χ1n) is 7.65. The minimum absolute atomic E-state index is 0.120. The van der Waals surface area contributed by atoms with E-state index in [4.69, 9.17) is 10.2 Å². The summed E-state index contributed by atoms with van der Waals surface area (Å²) in [5, 5.41) is 1.98. The van der Waals surface area contributed by atoms with Gasteiger partial charge in [0.1, 0.15) is 6.26 Å². The van der Waals surface area contributed by atoms with Crippen LogP contribution in [0.2, 0.25) is 0 Å². The number of thiophene rings is 1. The average molecular weight is 319 g/mol. The summed E-state index contributed by atoms with van der Waals surface area (Å²) in [6.07, 6.45) is 3.87. The summed E-state index contributed by atoms with van der Waals surface area (Å²) in [7, 11) is 0. The molecule has 1 saturated heterocycles. The molecular formula is C16H21N3O2S. The number of amides is 1. The normalized spacial score (nSPS) is 17.6. The second-order valence-corrected chi connectivity index (χ2v) is 6.82. The Kier molecular flexibility index (Phi) is 4.59. The van der Waals surface area contributed by atoms with Gasteiger partial charge in [0.25, 0.3) is 0 Å². The Bertz CT molecular complexity index is 613. The summed E-state index contributed by atoms with van der Waals surface area (Å²) in [5.74, 6) is 1.24. The van der Waals surface area contributed by atoms with Crippen LogP contribution >= 0.6 is 11.3 Å². The SMILES string of the molecule is CC(N)C1CCN(C(=O)Cc2coc(-c3cccs3)n2)CC1. The van der Waals surface area contributed by atoms with E-state index in [0.29, 0.717) is 23.9 Å². The third-order valence-corrected chi connectivity index (χ3v) is 5.11. The Morgan fingerprint density at radius 1 is 1.55 bits per heavy atom. The van der Waals surface area contributed by atoms with Crippen molar-refractivity contribution in [3.63, 3.8) is 0 Å². The molecule has 2 N–H and O–H groups in total. The highest BCUT2D eigenvalue weighted by molar-refractivity contribution is 7.13. The topological polar surface area (TPSA) is 72.4 Å². The lowest BCUT2D eigenvalue weighted by molar-refractivity contribution is -0.132. The average Bonchev–Trinajstić information content (AvgIpc) is 3.18. The number of likely N-dealkylation sites (tertiary alicyclic amines) is 1. The third-order valence-electron chi connectivity index (χ3n) is 4.25. The minimum atomic E-state index is 0.120. The van der Waals surface area contributed by atoms with Crippen LogP contribution in [0.4, 0.5) is 0 Å². The van der Waals surface area contributed by atoms with Gasteiger partial charge in [-0.3, -0.25) is 4.79 Å². The predicted octanol–water partition coefficient (Wildman–Crippen LogP) is 2.53. The van der Waals surface area contributed by atoms with Crippen LogP contribution in [0.15, 0.2) is 28.2 Å². The number of aromatic nitrogens is 1. The Morgan fingerprint density at radius 3 is 2.95 bits per heavy atom. The molecule has 2 aromatic rings. The fourth-order valence-electron chi connectivity index (χ4n) is 2.84. The van der Waals surface area contributed by atoms with Crippen molar-refractivity contribution in [3.8, 4) is 10.8 Å². The molecule has 3 heterocycles. The van der Waals surface area contributed by atoms with Crippen molar-refractivity contribution in [2.45, 2.75) is 32.2 Å². The van der Waals surface area contributed by atoms with Crippen LogP contribution in [-0.4, -0.2) is 34.9 Å². The van der Waals surface area contributed by atoms with Crippen LogP contribution in [0.5, 0.6) is 0 Å². The van der Waals surface area contributed by atoms with Crippen molar-refractivity contribution in [2.75, 3.05) is 13.1 Å². The molecule has 22 heavy (non-hydrogen) atoms. The molecule has 118 valence electrons. The quantitative estimate of drug-likeness (QED) is 0.940. The van der Waals surface area contributed by atoms with Gasteiger partial charge in [0.2, 0.25) is 11.8 Å². The van der Waals surface area contributed by atoms with Gasteiger partial charge in [-0.1, -0.05) is 6.07 Å². The van der Waals surface area contributed by atoms with Gasteiger partial charge in [0, 0.05) is 19.1 Å². The van der Waals surface area contributed by atoms with Gasteiger partial charge in [-0.2, -0.15) is 0 Å². The first-order valence-corrected chi connectivity index (χ1v) is 8.53. The maximum Gasteiger partial charge on any atom is 0.236 e. The van der Waals surface area contributed by atoms with E-state index in [1.807, 2.05) is 29.3 Å². The first-order chi connectivity index (χ1) is 10.6. The lowest BCUT2D eigenvalue weighted by atomic mass is 9.91. The standard InChI is InChI=1S/C16H21N3O2S/c1-11(17)12-4-6-19(7-5-12)15(20)9-13-10-21-16(18-13)14-3-2-8-22-14/h2-3,8,10-12H,4-7,9,17H2,1H3. The van der Waals surface area contributed by atoms with Gasteiger partial charge in [0.05, 0.1) is 17.0 Å². The summed E-state index contributed by atoms with van der Waals surface area (Å²) in [6.45, 7) is 3.63. The molecular weight excluding hydrogens is 298 g/mol. The summed E-state index contributed by atoms with van der Waals surface area (Å²) >= 11 is 1.58. The number of oxazole rings is 1. The number of hydrogen-bond donors (Lipinski definition) is 1. The highest BCUT2D eigenvalue weighted by atomic mass is 32.1. The number of carbonyl (C=O) groups excluding carboxylic acids is 1. The van der Waals surface area contributed by atoms with Crippen LogP contribution in [0.1, 0.15) is 25.5 Å². The Hall–Kier alpha value is -1.66. The summed E-state index contributed by atoms with van der Waals surface area (Å²) < 4.78 is 5.46. The third kappa shape index (κ3) is 3.39. The number of piperidine rings is 1. The molecule has 5 nitrogen and oxygen atoms in total. The fraction of sp³-hybridized carbons (Fsp3) is 0.500. The maximum absolute atomic E-state index is 12.4. The van der Waals surface area contributed by atoms with Gasteiger partial charge in [-0.05, 0) is 37.1 Å². The molecule has 0 aliphatic carbocycles. The molecule has 1 amide bonds. The van der Waals surface area contributed by atoms with Crippen LogP contribution in [0.3, 0.4) is 0 Å². The number of hydrogen-bond acceptors (Lipinski definition) is 5. The lowest BCUT2D eigenvalue weighted by Gasteiger charge is -2.33. The lowest BCUT2D eigenvalue weighted by Crippen LogP contribution is -2.43. The van der Waals surface area contributed by atoms with Crippen molar-refractivity contribution in [3.05, 3.63) is 29.5 Å². The smallest absolute Gasteiger partial charge is 0.236 e. The van der Waals surface area contributed by atoms with Crippen molar-refractivity contribution < 1.29 is 9.21 Å². The van der Waals surface area contributed by atoms with E-state index in [1.54, 1.807) is 17.6 Å². The Labute approximate surface area is 134 Å². The van der Waals surface area contributed by atoms with Gasteiger partial charge >= 0.3 is 0 Å². The number of carbonyl (C=O) groups is 1. The van der Waals surface area contributed by atoms with Crippen molar-refractivity contribution in [1.29, 1.82) is 0 Å². The van der Waals surface area contributed by atoms with E-state index in [1.165, 1.54) is 0 Å². The summed E-state index contributed by atoms with van der Waals surface area (Å²) in [4.78, 5) is 19.7. The Morgan fingerprint density at radius 2 is 2.32 bits per heavy atom. The summed E-state index contributed by atoms with van der Waals surface area (Å²) in [5.41, 5.74) is 6.63. The predicted molar refractivity (Wildman–Crippen MR) is 86.5 cm³/mol. The van der Waals surface area contributed by atoms with Crippen molar-refractivity contribution >= 4 is 17.2 Å². The molecule has 1 aliphatic rings. The summed E-state index contributed by atoms with van der Waals surface area (Å²) in [6, 6.07) is 4.12. The zero-order valence-corrected chi connectivity index (χ0v) is 13.5. The highest BCUT2D eigenvalue weighted by Gasteiger charge is 2.25. The van der Waals surface area contributed by atoms with Crippen LogP contribution in [0, 0.1) is 5.92 Å². The minimum Gasteiger partial charge on any atom is -0.444 e. The monoisotopic (exact) mass is 319 g/mol. The van der Waals surface area contributed by atoms with E-state index in [2.05, 4.69) is 4.98 Å². The van der Waals surface area contributed by atoms with Gasteiger partial charge in [-0.15, -0.1) is 11.3 Å². The Balaban J connectivity index is 1.56. The molecule has 1 fully saturated rings.